The van der Waals surface area contributed by atoms with Crippen molar-refractivity contribution in [3.8, 4) is 0 Å². The lowest BCUT2D eigenvalue weighted by molar-refractivity contribution is -0.148. The molecule has 0 saturated carbocycles. The van der Waals surface area contributed by atoms with Crippen molar-refractivity contribution >= 4 is 5.97 Å². The van der Waals surface area contributed by atoms with Gasteiger partial charge in [-0.2, -0.15) is 0 Å². The summed E-state index contributed by atoms with van der Waals surface area (Å²) in [7, 11) is 1.46. The van der Waals surface area contributed by atoms with Gasteiger partial charge in [0.2, 0.25) is 0 Å². The fraction of sp³-hybridized carbons (Fsp3) is 0.917. The zero-order valence-electron chi connectivity index (χ0n) is 10.2. The van der Waals surface area contributed by atoms with Crippen LogP contribution in [0.2, 0.25) is 0 Å². The molecule has 1 atom stereocenters. The predicted molar refractivity (Wildman–Crippen MR) is 62.2 cm³/mol. The van der Waals surface area contributed by atoms with Crippen molar-refractivity contribution in [2.45, 2.75) is 44.6 Å². The largest absolute Gasteiger partial charge is 0.468 e. The average molecular weight is 229 g/mol. The highest BCUT2D eigenvalue weighted by Crippen LogP contribution is 2.18. The molecule has 1 aliphatic rings. The Balaban J connectivity index is 2.32. The van der Waals surface area contributed by atoms with E-state index in [4.69, 9.17) is 9.84 Å². The molecular weight excluding hydrogens is 206 g/mol. The van der Waals surface area contributed by atoms with Gasteiger partial charge in [-0.05, 0) is 45.2 Å². The first-order valence-corrected chi connectivity index (χ1v) is 6.22. The van der Waals surface area contributed by atoms with E-state index < -0.39 is 0 Å². The van der Waals surface area contributed by atoms with E-state index in [1.54, 1.807) is 0 Å². The third kappa shape index (κ3) is 4.10. The number of aliphatic hydroxyl groups excluding tert-OH is 1. The monoisotopic (exact) mass is 229 g/mol. The molecule has 0 aromatic rings. The summed E-state index contributed by atoms with van der Waals surface area (Å²) in [6.07, 6.45) is 6.15. The van der Waals surface area contributed by atoms with Crippen molar-refractivity contribution < 1.29 is 14.6 Å². The van der Waals surface area contributed by atoms with Crippen LogP contribution in [-0.2, 0) is 9.53 Å². The molecule has 0 amide bonds. The van der Waals surface area contributed by atoms with Gasteiger partial charge in [0.1, 0.15) is 6.04 Å². The summed E-state index contributed by atoms with van der Waals surface area (Å²) in [5, 5.41) is 8.69. The van der Waals surface area contributed by atoms with Crippen molar-refractivity contribution in [3.63, 3.8) is 0 Å². The van der Waals surface area contributed by atoms with Crippen LogP contribution in [0, 0.1) is 0 Å². The van der Waals surface area contributed by atoms with Crippen LogP contribution in [-0.4, -0.2) is 48.8 Å². The van der Waals surface area contributed by atoms with Crippen LogP contribution in [0.3, 0.4) is 0 Å². The molecule has 1 saturated heterocycles. The molecule has 94 valence electrons. The van der Waals surface area contributed by atoms with Crippen LogP contribution >= 0.6 is 0 Å². The number of esters is 1. The first-order chi connectivity index (χ1) is 7.79. The number of ether oxygens (including phenoxy) is 1. The maximum Gasteiger partial charge on any atom is 0.323 e. The first-order valence-electron chi connectivity index (χ1n) is 6.22. The normalized spacial score (nSPS) is 22.0. The number of carbonyl (C=O) groups excluding carboxylic acids is 1. The highest BCUT2D eigenvalue weighted by Gasteiger charge is 2.28. The minimum atomic E-state index is -0.0955. The highest BCUT2D eigenvalue weighted by molar-refractivity contribution is 5.75. The lowest BCUT2D eigenvalue weighted by Crippen LogP contribution is -2.45. The lowest BCUT2D eigenvalue weighted by atomic mass is 10.0. The molecule has 0 spiro atoms. The van der Waals surface area contributed by atoms with Crippen LogP contribution in [0.1, 0.15) is 38.5 Å². The molecule has 0 aromatic carbocycles. The first kappa shape index (κ1) is 13.5. The molecular formula is C12H23NO3. The highest BCUT2D eigenvalue weighted by atomic mass is 16.5. The van der Waals surface area contributed by atoms with Gasteiger partial charge in [0.15, 0.2) is 0 Å². The van der Waals surface area contributed by atoms with Crippen LogP contribution in [0.4, 0.5) is 0 Å². The predicted octanol–water partition coefficient (Wildman–Crippen LogP) is 1.18. The number of piperidine rings is 1. The van der Waals surface area contributed by atoms with E-state index >= 15 is 0 Å². The van der Waals surface area contributed by atoms with Crippen LogP contribution in [0.25, 0.3) is 0 Å². The Bertz CT molecular complexity index is 208. The van der Waals surface area contributed by atoms with E-state index in [1.165, 1.54) is 13.5 Å². The number of nitrogens with zero attached hydrogens (tertiary/aromatic N) is 1. The van der Waals surface area contributed by atoms with Gasteiger partial charge in [0.05, 0.1) is 7.11 Å². The quantitative estimate of drug-likeness (QED) is 0.549. The van der Waals surface area contributed by atoms with Gasteiger partial charge in [-0.3, -0.25) is 9.69 Å². The summed E-state index contributed by atoms with van der Waals surface area (Å²) < 4.78 is 4.83. The molecule has 1 unspecified atom stereocenters. The van der Waals surface area contributed by atoms with E-state index in [2.05, 4.69) is 4.90 Å². The third-order valence-corrected chi connectivity index (χ3v) is 3.19. The molecule has 0 radical (unpaired) electrons. The molecule has 1 aliphatic heterocycles. The van der Waals surface area contributed by atoms with Crippen molar-refractivity contribution in [1.29, 1.82) is 0 Å². The second-order valence-electron chi connectivity index (χ2n) is 4.35. The Morgan fingerprint density at radius 3 is 2.88 bits per heavy atom. The Morgan fingerprint density at radius 1 is 1.38 bits per heavy atom. The Labute approximate surface area is 97.6 Å². The molecule has 0 aromatic heterocycles. The topological polar surface area (TPSA) is 49.8 Å². The molecule has 0 aliphatic carbocycles. The van der Waals surface area contributed by atoms with Gasteiger partial charge in [0, 0.05) is 6.61 Å². The van der Waals surface area contributed by atoms with E-state index in [0.29, 0.717) is 0 Å². The molecule has 16 heavy (non-hydrogen) atoms. The summed E-state index contributed by atoms with van der Waals surface area (Å²) in [4.78, 5) is 13.8. The molecule has 4 heteroatoms. The van der Waals surface area contributed by atoms with Gasteiger partial charge >= 0.3 is 5.97 Å². The number of likely N-dealkylation sites (tertiary alicyclic amines) is 1. The zero-order valence-corrected chi connectivity index (χ0v) is 10.2. The number of unbranched alkanes of at least 4 members (excludes halogenated alkanes) is 2. The van der Waals surface area contributed by atoms with Crippen molar-refractivity contribution in [2.75, 3.05) is 26.8 Å². The van der Waals surface area contributed by atoms with Crippen molar-refractivity contribution in [2.24, 2.45) is 0 Å². The van der Waals surface area contributed by atoms with Gasteiger partial charge < -0.3 is 9.84 Å². The summed E-state index contributed by atoms with van der Waals surface area (Å²) in [5.41, 5.74) is 0. The van der Waals surface area contributed by atoms with Crippen molar-refractivity contribution in [3.05, 3.63) is 0 Å². The average Bonchev–Trinajstić information content (AvgIpc) is 2.34. The zero-order chi connectivity index (χ0) is 11.8. The fourth-order valence-electron chi connectivity index (χ4n) is 2.27. The molecule has 4 nitrogen and oxygen atoms in total. The maximum atomic E-state index is 11.6. The smallest absolute Gasteiger partial charge is 0.323 e. The number of carbonyl (C=O) groups is 1. The summed E-state index contributed by atoms with van der Waals surface area (Å²) in [6.45, 7) is 2.21. The van der Waals surface area contributed by atoms with E-state index in [-0.39, 0.29) is 18.6 Å². The van der Waals surface area contributed by atoms with Gasteiger partial charge in [0.25, 0.3) is 0 Å². The lowest BCUT2D eigenvalue weighted by Gasteiger charge is -2.33. The van der Waals surface area contributed by atoms with Crippen LogP contribution in [0.15, 0.2) is 0 Å². The van der Waals surface area contributed by atoms with Crippen LogP contribution in [0.5, 0.6) is 0 Å². The second kappa shape index (κ2) is 7.63. The van der Waals surface area contributed by atoms with Crippen molar-refractivity contribution in [1.82, 2.24) is 4.90 Å². The second-order valence-corrected chi connectivity index (χ2v) is 4.35. The maximum absolute atomic E-state index is 11.6. The van der Waals surface area contributed by atoms with E-state index in [1.807, 2.05) is 0 Å². The van der Waals surface area contributed by atoms with Gasteiger partial charge in [-0.25, -0.2) is 0 Å². The third-order valence-electron chi connectivity index (χ3n) is 3.19. The summed E-state index contributed by atoms with van der Waals surface area (Å²) in [5.74, 6) is -0.0955. The van der Waals surface area contributed by atoms with Gasteiger partial charge in [-0.15, -0.1) is 0 Å². The van der Waals surface area contributed by atoms with Gasteiger partial charge in [-0.1, -0.05) is 6.42 Å². The molecule has 1 heterocycles. The molecule has 1 fully saturated rings. The number of hydrogen-bond donors (Lipinski definition) is 1. The van der Waals surface area contributed by atoms with Crippen LogP contribution < -0.4 is 0 Å². The standard InChI is InChI=1S/C12H23NO3/c1-16-12(15)11-7-3-5-9-13(11)8-4-2-6-10-14/h11,14H,2-10H2,1H3. The Morgan fingerprint density at radius 2 is 2.19 bits per heavy atom. The molecule has 1 N–H and O–H groups in total. The number of aliphatic hydroxyl groups is 1. The van der Waals surface area contributed by atoms with E-state index in [0.717, 1.165) is 45.2 Å². The number of methoxy groups -OCH3 is 1. The number of hydrogen-bond acceptors (Lipinski definition) is 4. The Hall–Kier alpha value is -0.610. The summed E-state index contributed by atoms with van der Waals surface area (Å²) >= 11 is 0. The minimum absolute atomic E-state index is 0.0344. The fourth-order valence-corrected chi connectivity index (χ4v) is 2.27. The Kier molecular flexibility index (Phi) is 6.42. The minimum Gasteiger partial charge on any atom is -0.468 e. The van der Waals surface area contributed by atoms with E-state index in [9.17, 15) is 4.79 Å². The molecule has 1 rings (SSSR count). The molecule has 0 bridgehead atoms. The SMILES string of the molecule is COC(=O)C1CCCCN1CCCCCO. The summed E-state index contributed by atoms with van der Waals surface area (Å²) in [6, 6.07) is -0.0344. The number of rotatable bonds is 6.